The summed E-state index contributed by atoms with van der Waals surface area (Å²) in [5, 5.41) is 0. The average Bonchev–Trinajstić information content (AvgIpc) is 2.73. The molecule has 2 aromatic carbocycles. The van der Waals surface area contributed by atoms with Gasteiger partial charge >= 0.3 is 0 Å². The second kappa shape index (κ2) is 9.09. The van der Waals surface area contributed by atoms with Gasteiger partial charge in [0.1, 0.15) is 5.75 Å². The summed E-state index contributed by atoms with van der Waals surface area (Å²) in [5.74, 6) is 0.278. The Bertz CT molecular complexity index is 1130. The van der Waals surface area contributed by atoms with E-state index in [9.17, 15) is 13.2 Å². The maximum absolute atomic E-state index is 13.5. The van der Waals surface area contributed by atoms with E-state index in [0.717, 1.165) is 21.0 Å². The summed E-state index contributed by atoms with van der Waals surface area (Å²) >= 11 is 0. The smallest absolute Gasteiger partial charge is 0.264 e. The number of ketones is 1. The Labute approximate surface area is 177 Å². The number of carbonyl (C=O) groups is 1. The molecule has 0 spiro atoms. The zero-order valence-corrected chi connectivity index (χ0v) is 18.0. The average molecular weight is 425 g/mol. The van der Waals surface area contributed by atoms with Crippen molar-refractivity contribution in [3.63, 3.8) is 0 Å². The Morgan fingerprint density at radius 3 is 2.43 bits per heavy atom. The van der Waals surface area contributed by atoms with E-state index in [1.54, 1.807) is 73.9 Å². The monoisotopic (exact) mass is 424 g/mol. The topological polar surface area (TPSA) is 76.6 Å². The number of rotatable bonds is 8. The summed E-state index contributed by atoms with van der Waals surface area (Å²) in [6, 6.07) is 15.3. The van der Waals surface area contributed by atoms with E-state index in [1.165, 1.54) is 7.11 Å². The van der Waals surface area contributed by atoms with Gasteiger partial charge in [0, 0.05) is 24.9 Å². The number of carbonyl (C=O) groups excluding carboxylic acids is 1. The number of anilines is 1. The van der Waals surface area contributed by atoms with E-state index >= 15 is 0 Å². The number of benzene rings is 2. The van der Waals surface area contributed by atoms with Crippen LogP contribution in [0.4, 0.5) is 5.69 Å². The van der Waals surface area contributed by atoms with Crippen LogP contribution in [-0.4, -0.2) is 32.8 Å². The van der Waals surface area contributed by atoms with Gasteiger partial charge in [-0.1, -0.05) is 29.8 Å². The minimum absolute atomic E-state index is 0.0940. The number of aromatic nitrogens is 1. The van der Waals surface area contributed by atoms with E-state index < -0.39 is 10.0 Å². The summed E-state index contributed by atoms with van der Waals surface area (Å²) in [6.07, 6.45) is 3.33. The molecule has 3 aromatic rings. The zero-order valence-electron chi connectivity index (χ0n) is 17.2. The van der Waals surface area contributed by atoms with Gasteiger partial charge in [0.25, 0.3) is 10.0 Å². The van der Waals surface area contributed by atoms with Gasteiger partial charge in [-0.2, -0.15) is 0 Å². The summed E-state index contributed by atoms with van der Waals surface area (Å²) in [7, 11) is -2.45. The minimum Gasteiger partial charge on any atom is -0.497 e. The van der Waals surface area contributed by atoms with Gasteiger partial charge in [0.2, 0.25) is 0 Å². The van der Waals surface area contributed by atoms with Crippen molar-refractivity contribution in [1.82, 2.24) is 4.98 Å². The molecule has 0 aliphatic heterocycles. The Morgan fingerprint density at radius 1 is 1.07 bits per heavy atom. The number of hydrogen-bond acceptors (Lipinski definition) is 5. The fraction of sp³-hybridized carbons (Fsp3) is 0.217. The molecule has 0 atom stereocenters. The molecule has 6 nitrogen and oxygen atoms in total. The predicted molar refractivity (Wildman–Crippen MR) is 116 cm³/mol. The zero-order chi connectivity index (χ0) is 21.7. The molecular weight excluding hydrogens is 400 g/mol. The number of aryl methyl sites for hydroxylation is 2. The van der Waals surface area contributed by atoms with Crippen LogP contribution in [0.5, 0.6) is 5.75 Å². The lowest BCUT2D eigenvalue weighted by Crippen LogP contribution is -2.37. The number of ether oxygens (including phenoxy) is 1. The van der Waals surface area contributed by atoms with Gasteiger partial charge < -0.3 is 4.74 Å². The van der Waals surface area contributed by atoms with Crippen LogP contribution in [0.1, 0.15) is 16.7 Å². The molecule has 0 aliphatic carbocycles. The molecule has 0 N–H and O–H groups in total. The highest BCUT2D eigenvalue weighted by Gasteiger charge is 2.28. The van der Waals surface area contributed by atoms with E-state index in [2.05, 4.69) is 4.98 Å². The number of nitrogens with zero attached hydrogens (tertiary/aromatic N) is 2. The van der Waals surface area contributed by atoms with Crippen LogP contribution >= 0.6 is 0 Å². The summed E-state index contributed by atoms with van der Waals surface area (Å²) in [5.41, 5.74) is 2.82. The highest BCUT2D eigenvalue weighted by Crippen LogP contribution is 2.30. The second-order valence-corrected chi connectivity index (χ2v) is 8.92. The maximum atomic E-state index is 13.5. The lowest BCUT2D eigenvalue weighted by Gasteiger charge is -2.26. The first kappa shape index (κ1) is 21.5. The van der Waals surface area contributed by atoms with Crippen LogP contribution < -0.4 is 9.04 Å². The van der Waals surface area contributed by atoms with E-state index in [-0.39, 0.29) is 23.6 Å². The number of hydrogen-bond donors (Lipinski definition) is 0. The fourth-order valence-electron chi connectivity index (χ4n) is 3.07. The third-order valence-electron chi connectivity index (χ3n) is 4.74. The normalized spacial score (nSPS) is 11.2. The van der Waals surface area contributed by atoms with Crippen molar-refractivity contribution in [2.45, 2.75) is 25.2 Å². The van der Waals surface area contributed by atoms with Crippen LogP contribution in [0.15, 0.2) is 71.9 Å². The van der Waals surface area contributed by atoms with Crippen molar-refractivity contribution in [3.8, 4) is 5.75 Å². The van der Waals surface area contributed by atoms with Gasteiger partial charge in [-0.3, -0.25) is 14.1 Å². The van der Waals surface area contributed by atoms with Crippen molar-refractivity contribution in [2.24, 2.45) is 0 Å². The van der Waals surface area contributed by atoms with E-state index in [1.807, 2.05) is 6.92 Å². The third-order valence-corrected chi connectivity index (χ3v) is 6.51. The van der Waals surface area contributed by atoms with Gasteiger partial charge in [-0.05, 0) is 49.2 Å². The van der Waals surface area contributed by atoms with Gasteiger partial charge in [0.05, 0.1) is 24.2 Å². The van der Waals surface area contributed by atoms with Crippen molar-refractivity contribution in [2.75, 3.05) is 18.0 Å². The number of methoxy groups -OCH3 is 1. The SMILES string of the molecule is COc1ccc(C)c(N(CC(=O)Cc2cccnc2)S(=O)(=O)c2ccc(C)cc2)c1. The molecule has 7 heteroatoms. The molecule has 0 unspecified atom stereocenters. The van der Waals surface area contributed by atoms with Crippen LogP contribution in [0.25, 0.3) is 0 Å². The third kappa shape index (κ3) is 4.86. The molecule has 0 radical (unpaired) electrons. The number of Topliss-reactive ketones (excluding diaryl/α,β-unsaturated/α-hetero) is 1. The highest BCUT2D eigenvalue weighted by atomic mass is 32.2. The molecule has 0 bridgehead atoms. The summed E-state index contributed by atoms with van der Waals surface area (Å²) < 4.78 is 33.4. The molecule has 156 valence electrons. The Balaban J connectivity index is 2.02. The molecule has 30 heavy (non-hydrogen) atoms. The predicted octanol–water partition coefficient (Wildman–Crippen LogP) is 3.71. The van der Waals surface area contributed by atoms with Crippen LogP contribution in [0.2, 0.25) is 0 Å². The first-order valence-electron chi connectivity index (χ1n) is 9.46. The maximum Gasteiger partial charge on any atom is 0.264 e. The Hall–Kier alpha value is -3.19. The van der Waals surface area contributed by atoms with Crippen molar-refractivity contribution in [3.05, 3.63) is 83.7 Å². The molecule has 0 amide bonds. The quantitative estimate of drug-likeness (QED) is 0.551. The molecule has 1 heterocycles. The van der Waals surface area contributed by atoms with Crippen LogP contribution in [0, 0.1) is 13.8 Å². The van der Waals surface area contributed by atoms with Crippen molar-refractivity contribution in [1.29, 1.82) is 0 Å². The van der Waals surface area contributed by atoms with Crippen molar-refractivity contribution >= 4 is 21.5 Å². The first-order chi connectivity index (χ1) is 14.3. The molecule has 0 saturated heterocycles. The molecule has 0 fully saturated rings. The number of sulfonamides is 1. The molecule has 3 rings (SSSR count). The van der Waals surface area contributed by atoms with Gasteiger partial charge in [0.15, 0.2) is 5.78 Å². The van der Waals surface area contributed by atoms with Gasteiger partial charge in [-0.15, -0.1) is 0 Å². The van der Waals surface area contributed by atoms with Gasteiger partial charge in [-0.25, -0.2) is 8.42 Å². The number of pyridine rings is 1. The summed E-state index contributed by atoms with van der Waals surface area (Å²) in [4.78, 5) is 17.0. The lowest BCUT2D eigenvalue weighted by molar-refractivity contribution is -0.117. The Kier molecular flexibility index (Phi) is 6.52. The van der Waals surface area contributed by atoms with E-state index in [4.69, 9.17) is 4.74 Å². The molecule has 0 aliphatic rings. The highest BCUT2D eigenvalue weighted by molar-refractivity contribution is 7.92. The Morgan fingerprint density at radius 2 is 1.80 bits per heavy atom. The minimum atomic E-state index is -3.96. The fourth-order valence-corrected chi connectivity index (χ4v) is 4.57. The second-order valence-electron chi connectivity index (χ2n) is 7.05. The lowest BCUT2D eigenvalue weighted by atomic mass is 10.1. The van der Waals surface area contributed by atoms with Crippen LogP contribution in [-0.2, 0) is 21.2 Å². The van der Waals surface area contributed by atoms with Crippen molar-refractivity contribution < 1.29 is 17.9 Å². The summed E-state index contributed by atoms with van der Waals surface area (Å²) in [6.45, 7) is 3.40. The first-order valence-corrected chi connectivity index (χ1v) is 10.9. The van der Waals surface area contributed by atoms with E-state index in [0.29, 0.717) is 11.4 Å². The standard InChI is InChI=1S/C23H24N2O4S/c1-17-6-10-22(11-7-17)30(27,28)25(23-14-21(29-3)9-8-18(23)2)16-20(26)13-19-5-4-12-24-15-19/h4-12,14-15H,13,16H2,1-3H3. The molecule has 0 saturated carbocycles. The van der Waals surface area contributed by atoms with Crippen LogP contribution in [0.3, 0.4) is 0 Å². The molecule has 1 aromatic heterocycles. The molecular formula is C23H24N2O4S. The largest absolute Gasteiger partial charge is 0.497 e.